The second-order valence-corrected chi connectivity index (χ2v) is 4.80. The average molecular weight is 255 g/mol. The van der Waals surface area contributed by atoms with Crippen LogP contribution in [0.3, 0.4) is 0 Å². The first kappa shape index (κ1) is 11.1. The number of hydrogen-bond donors (Lipinski definition) is 0. The zero-order valence-electron chi connectivity index (χ0n) is 8.35. The van der Waals surface area contributed by atoms with E-state index >= 15 is 0 Å². The van der Waals surface area contributed by atoms with Crippen molar-refractivity contribution in [2.24, 2.45) is 5.41 Å². The van der Waals surface area contributed by atoms with E-state index in [4.69, 9.17) is 4.42 Å². The van der Waals surface area contributed by atoms with Crippen LogP contribution in [0.4, 0.5) is 0 Å². The van der Waals surface area contributed by atoms with E-state index in [2.05, 4.69) is 27.8 Å². The van der Waals surface area contributed by atoms with Gasteiger partial charge in [-0.15, -0.1) is 0 Å². The van der Waals surface area contributed by atoms with Gasteiger partial charge < -0.3 is 4.42 Å². The minimum absolute atomic E-state index is 0.0758. The molecule has 0 saturated carbocycles. The Morgan fingerprint density at radius 3 is 2.57 bits per heavy atom. The molecule has 2 nitrogen and oxygen atoms in total. The van der Waals surface area contributed by atoms with Crippen LogP contribution in [0.5, 0.6) is 0 Å². The van der Waals surface area contributed by atoms with Crippen molar-refractivity contribution >= 4 is 22.2 Å². The van der Waals surface area contributed by atoms with Crippen LogP contribution < -0.4 is 0 Å². The Balaban J connectivity index is 3.01. The number of hydrogen-bond acceptors (Lipinski definition) is 2. The highest BCUT2D eigenvalue weighted by atomic mass is 79.9. The number of furan rings is 1. The lowest BCUT2D eigenvalue weighted by atomic mass is 9.98. The first-order valence-electron chi connectivity index (χ1n) is 4.20. The maximum absolute atomic E-state index is 10.4. The smallest absolute Gasteiger partial charge is 0.191 e. The second-order valence-electron chi connectivity index (χ2n) is 3.94. The lowest BCUT2D eigenvalue weighted by Gasteiger charge is -2.06. The fourth-order valence-corrected chi connectivity index (χ4v) is 1.18. The van der Waals surface area contributed by atoms with Gasteiger partial charge in [0, 0.05) is 11.5 Å². The summed E-state index contributed by atoms with van der Waals surface area (Å²) in [5.41, 5.74) is -0.0758. The minimum Gasteiger partial charge on any atom is -0.444 e. The van der Waals surface area contributed by atoms with Gasteiger partial charge in [0.25, 0.3) is 0 Å². The molecule has 14 heavy (non-hydrogen) atoms. The van der Waals surface area contributed by atoms with Crippen LogP contribution in [0.1, 0.15) is 37.1 Å². The maximum atomic E-state index is 10.4. The summed E-state index contributed by atoms with van der Waals surface area (Å²) in [7, 11) is 0. The van der Waals surface area contributed by atoms with E-state index in [9.17, 15) is 4.79 Å². The van der Waals surface area contributed by atoms with Gasteiger partial charge in [-0.25, -0.2) is 0 Å². The van der Waals surface area contributed by atoms with Gasteiger partial charge in [0.05, 0.1) is 4.47 Å². The van der Waals surface area contributed by atoms with Crippen molar-refractivity contribution in [2.75, 3.05) is 0 Å². The highest BCUT2D eigenvalue weighted by molar-refractivity contribution is 9.10. The molecule has 0 atom stereocenters. The second kappa shape index (κ2) is 4.02. The van der Waals surface area contributed by atoms with Gasteiger partial charge in [0.1, 0.15) is 0 Å². The summed E-state index contributed by atoms with van der Waals surface area (Å²) in [6.07, 6.45) is 0.660. The minimum atomic E-state index is -0.0758. The lowest BCUT2D eigenvalue weighted by Crippen LogP contribution is -1.99. The van der Waals surface area contributed by atoms with Gasteiger partial charge in [0.2, 0.25) is 0 Å². The molecule has 1 aromatic rings. The van der Waals surface area contributed by atoms with Crippen molar-refractivity contribution in [2.45, 2.75) is 20.8 Å². The van der Waals surface area contributed by atoms with E-state index in [0.29, 0.717) is 12.0 Å². The Kier molecular flexibility index (Phi) is 3.17. The molecule has 1 aromatic heterocycles. The first-order valence-corrected chi connectivity index (χ1v) is 4.99. The first-order chi connectivity index (χ1) is 6.42. The summed E-state index contributed by atoms with van der Waals surface area (Å²) >= 11 is 3.27. The molecule has 0 amide bonds. The molecule has 0 aliphatic rings. The Labute approximate surface area is 91.8 Å². The number of aldehydes is 1. The van der Waals surface area contributed by atoms with Crippen molar-refractivity contribution < 1.29 is 9.21 Å². The molecule has 0 aromatic carbocycles. The SMILES string of the molecule is CC(C)(C)C#Cc1oc(C=O)cc1Br. The van der Waals surface area contributed by atoms with E-state index in [1.54, 1.807) is 6.07 Å². The van der Waals surface area contributed by atoms with Crippen LogP contribution in [0, 0.1) is 17.3 Å². The fourth-order valence-electron chi connectivity index (χ4n) is 0.774. The Morgan fingerprint density at radius 1 is 1.50 bits per heavy atom. The zero-order chi connectivity index (χ0) is 10.8. The number of halogens is 1. The third-order valence-corrected chi connectivity index (χ3v) is 1.96. The van der Waals surface area contributed by atoms with Gasteiger partial charge in [-0.1, -0.05) is 5.92 Å². The van der Waals surface area contributed by atoms with E-state index in [1.807, 2.05) is 20.8 Å². The molecule has 3 heteroatoms. The molecule has 0 spiro atoms. The van der Waals surface area contributed by atoms with Crippen molar-refractivity contribution in [3.05, 3.63) is 22.1 Å². The third-order valence-electron chi connectivity index (χ3n) is 1.37. The maximum Gasteiger partial charge on any atom is 0.191 e. The Morgan fingerprint density at radius 2 is 2.14 bits per heavy atom. The molecule has 0 N–H and O–H groups in total. The Hall–Kier alpha value is -1.01. The van der Waals surface area contributed by atoms with E-state index in [0.717, 1.165) is 4.47 Å². The van der Waals surface area contributed by atoms with Crippen LogP contribution >= 0.6 is 15.9 Å². The third kappa shape index (κ3) is 3.04. The summed E-state index contributed by atoms with van der Waals surface area (Å²) in [5, 5.41) is 0. The van der Waals surface area contributed by atoms with E-state index in [1.165, 1.54) is 0 Å². The van der Waals surface area contributed by atoms with Crippen LogP contribution in [-0.4, -0.2) is 6.29 Å². The van der Waals surface area contributed by atoms with Crippen molar-refractivity contribution in [1.82, 2.24) is 0 Å². The molecule has 1 rings (SSSR count). The molecule has 1 heterocycles. The van der Waals surface area contributed by atoms with Crippen molar-refractivity contribution in [3.63, 3.8) is 0 Å². The molecule has 0 fully saturated rings. The normalized spacial score (nSPS) is 10.6. The summed E-state index contributed by atoms with van der Waals surface area (Å²) in [6, 6.07) is 1.61. The van der Waals surface area contributed by atoms with Crippen LogP contribution in [0.25, 0.3) is 0 Å². The molecule has 0 aliphatic heterocycles. The summed E-state index contributed by atoms with van der Waals surface area (Å²) in [6.45, 7) is 6.03. The van der Waals surface area contributed by atoms with Crippen LogP contribution in [-0.2, 0) is 0 Å². The standard InChI is InChI=1S/C11H11BrO2/c1-11(2,3)5-4-10-9(12)6-8(7-13)14-10/h6-7H,1-3H3. The largest absolute Gasteiger partial charge is 0.444 e. The van der Waals surface area contributed by atoms with Gasteiger partial charge in [-0.2, -0.15) is 0 Å². The molecule has 0 saturated heterocycles. The molecular weight excluding hydrogens is 244 g/mol. The monoisotopic (exact) mass is 254 g/mol. The highest BCUT2D eigenvalue weighted by Gasteiger charge is 2.07. The highest BCUT2D eigenvalue weighted by Crippen LogP contribution is 2.20. The van der Waals surface area contributed by atoms with Crippen molar-refractivity contribution in [3.8, 4) is 11.8 Å². The number of carbonyl (C=O) groups is 1. The van der Waals surface area contributed by atoms with Gasteiger partial charge in [-0.05, 0) is 42.6 Å². The fraction of sp³-hybridized carbons (Fsp3) is 0.364. The molecule has 0 aliphatic carbocycles. The quantitative estimate of drug-likeness (QED) is 0.569. The summed E-state index contributed by atoms with van der Waals surface area (Å²) < 4.78 is 5.89. The van der Waals surface area contributed by atoms with E-state index < -0.39 is 0 Å². The van der Waals surface area contributed by atoms with Crippen LogP contribution in [0.15, 0.2) is 15.0 Å². The molecule has 0 bridgehead atoms. The summed E-state index contributed by atoms with van der Waals surface area (Å²) in [5.74, 6) is 6.70. The molecule has 0 unspecified atom stereocenters. The molecule has 74 valence electrons. The topological polar surface area (TPSA) is 30.2 Å². The lowest BCUT2D eigenvalue weighted by molar-refractivity contribution is 0.110. The molecule has 0 radical (unpaired) electrons. The van der Waals surface area contributed by atoms with Crippen molar-refractivity contribution in [1.29, 1.82) is 0 Å². The van der Waals surface area contributed by atoms with Gasteiger partial charge in [-0.3, -0.25) is 4.79 Å². The van der Waals surface area contributed by atoms with Gasteiger partial charge in [0.15, 0.2) is 17.8 Å². The van der Waals surface area contributed by atoms with E-state index in [-0.39, 0.29) is 11.2 Å². The number of carbonyl (C=O) groups excluding carboxylic acids is 1. The Bertz CT molecular complexity index is 399. The van der Waals surface area contributed by atoms with Crippen LogP contribution in [0.2, 0.25) is 0 Å². The predicted molar refractivity (Wildman–Crippen MR) is 58.1 cm³/mol. The molecular formula is C11H11BrO2. The average Bonchev–Trinajstić information content (AvgIpc) is 2.42. The zero-order valence-corrected chi connectivity index (χ0v) is 9.94. The summed E-state index contributed by atoms with van der Waals surface area (Å²) in [4.78, 5) is 10.4. The number of rotatable bonds is 1. The van der Waals surface area contributed by atoms with Gasteiger partial charge >= 0.3 is 0 Å². The predicted octanol–water partition coefficient (Wildman–Crippen LogP) is 3.25.